The Labute approximate surface area is 176 Å². The number of hydrogen-bond donors (Lipinski definition) is 1. The van der Waals surface area contributed by atoms with E-state index in [1.165, 1.54) is 12.1 Å². The van der Waals surface area contributed by atoms with Crippen LogP contribution in [0.15, 0.2) is 59.5 Å². The Morgan fingerprint density at radius 3 is 2.40 bits per heavy atom. The molecule has 3 aromatic carbocycles. The number of rotatable bonds is 5. The van der Waals surface area contributed by atoms with E-state index in [4.69, 9.17) is 11.6 Å². The number of methoxy groups -OCH3 is 1. The third-order valence-electron chi connectivity index (χ3n) is 4.36. The molecule has 0 aromatic heterocycles. The fourth-order valence-corrected chi connectivity index (χ4v) is 4.68. The lowest BCUT2D eigenvalue weighted by molar-refractivity contribution is 0.0600. The summed E-state index contributed by atoms with van der Waals surface area (Å²) in [5, 5.41) is 9.73. The van der Waals surface area contributed by atoms with Gasteiger partial charge in [0.2, 0.25) is 0 Å². The van der Waals surface area contributed by atoms with E-state index in [0.29, 0.717) is 0 Å². The maximum atomic E-state index is 15.0. The monoisotopic (exact) mass is 452 g/mol. The topological polar surface area (TPSA) is 80.7 Å². The van der Waals surface area contributed by atoms with E-state index >= 15 is 4.39 Å². The van der Waals surface area contributed by atoms with Crippen LogP contribution in [0.5, 0.6) is 5.75 Å². The molecule has 0 heterocycles. The fourth-order valence-electron chi connectivity index (χ4n) is 2.91. The zero-order valence-electron chi connectivity index (χ0n) is 15.5. The molecule has 0 aliphatic carbocycles. The number of carbonyl (C=O) groups excluding carboxylic acids is 1. The highest BCUT2D eigenvalue weighted by Crippen LogP contribution is 2.36. The molecule has 30 heavy (non-hydrogen) atoms. The van der Waals surface area contributed by atoms with Gasteiger partial charge < -0.3 is 9.84 Å². The van der Waals surface area contributed by atoms with Gasteiger partial charge in [-0.05, 0) is 23.8 Å². The zero-order chi connectivity index (χ0) is 22.1. The van der Waals surface area contributed by atoms with Gasteiger partial charge in [0.25, 0.3) is 0 Å². The minimum absolute atomic E-state index is 0.205. The average Bonchev–Trinajstić information content (AvgIpc) is 2.72. The minimum Gasteiger partial charge on any atom is -0.505 e. The van der Waals surface area contributed by atoms with Crippen molar-refractivity contribution in [3.63, 3.8) is 0 Å². The van der Waals surface area contributed by atoms with Crippen molar-refractivity contribution in [2.75, 3.05) is 7.11 Å². The number of esters is 1. The van der Waals surface area contributed by atoms with Crippen LogP contribution in [0.3, 0.4) is 0 Å². The maximum Gasteiger partial charge on any atom is 0.337 e. The summed E-state index contributed by atoms with van der Waals surface area (Å²) in [6.07, 6.45) is 0. The highest BCUT2D eigenvalue weighted by Gasteiger charge is 2.27. The van der Waals surface area contributed by atoms with E-state index in [1.54, 1.807) is 18.2 Å². The van der Waals surface area contributed by atoms with Crippen LogP contribution < -0.4 is 0 Å². The van der Waals surface area contributed by atoms with Gasteiger partial charge in [0, 0.05) is 5.56 Å². The summed E-state index contributed by atoms with van der Waals surface area (Å²) in [5.41, 5.74) is -0.642. The molecule has 3 rings (SSSR count). The molecule has 0 unspecified atom stereocenters. The van der Waals surface area contributed by atoms with Crippen molar-refractivity contribution in [1.82, 2.24) is 0 Å². The van der Waals surface area contributed by atoms with Crippen LogP contribution in [0.2, 0.25) is 5.02 Å². The van der Waals surface area contributed by atoms with Gasteiger partial charge in [-0.2, -0.15) is 0 Å². The predicted octanol–water partition coefficient (Wildman–Crippen LogP) is 4.75. The quantitative estimate of drug-likeness (QED) is 0.565. The molecule has 3 aromatic rings. The van der Waals surface area contributed by atoms with Crippen LogP contribution in [0.25, 0.3) is 11.1 Å². The summed E-state index contributed by atoms with van der Waals surface area (Å²) in [5.74, 6) is -4.44. The molecule has 1 N–H and O–H groups in total. The number of carbonyl (C=O) groups is 1. The molecule has 0 spiro atoms. The number of hydrogen-bond acceptors (Lipinski definition) is 5. The standard InChI is InChI=1S/C21H15ClF2O5S/c1-29-21(26)14-9-15(22)20(25)17(10-14)30(27,28)11-13-7-8-16(23)18(19(13)24)12-5-3-2-4-6-12/h2-10,25H,11H2,1H3. The Hall–Kier alpha value is -2.97. The van der Waals surface area contributed by atoms with E-state index in [1.807, 2.05) is 0 Å². The molecule has 0 saturated heterocycles. The Kier molecular flexibility index (Phi) is 6.09. The second-order valence-corrected chi connectivity index (χ2v) is 8.68. The Balaban J connectivity index is 2.09. The SMILES string of the molecule is COC(=O)c1cc(Cl)c(O)c(S(=O)(=O)Cc2ccc(F)c(-c3ccccc3)c2F)c1. The van der Waals surface area contributed by atoms with Gasteiger partial charge in [-0.25, -0.2) is 22.0 Å². The van der Waals surface area contributed by atoms with E-state index in [9.17, 15) is 22.7 Å². The lowest BCUT2D eigenvalue weighted by Crippen LogP contribution is -2.10. The van der Waals surface area contributed by atoms with Crippen LogP contribution in [0.1, 0.15) is 15.9 Å². The van der Waals surface area contributed by atoms with E-state index in [0.717, 1.165) is 31.4 Å². The number of aromatic hydroxyl groups is 1. The van der Waals surface area contributed by atoms with Crippen molar-refractivity contribution in [1.29, 1.82) is 0 Å². The van der Waals surface area contributed by atoms with Crippen LogP contribution in [-0.2, 0) is 20.3 Å². The number of phenolic OH excluding ortho intramolecular Hbond substituents is 1. The Bertz CT molecular complexity index is 1230. The maximum absolute atomic E-state index is 15.0. The Morgan fingerprint density at radius 2 is 1.77 bits per heavy atom. The van der Waals surface area contributed by atoms with E-state index < -0.39 is 43.8 Å². The Morgan fingerprint density at radius 1 is 1.10 bits per heavy atom. The first kappa shape index (κ1) is 21.7. The molecule has 156 valence electrons. The lowest BCUT2D eigenvalue weighted by atomic mass is 10.0. The molecule has 0 radical (unpaired) electrons. The number of benzene rings is 3. The predicted molar refractivity (Wildman–Crippen MR) is 107 cm³/mol. The second-order valence-electron chi connectivity index (χ2n) is 6.32. The average molecular weight is 453 g/mol. The van der Waals surface area contributed by atoms with Gasteiger partial charge >= 0.3 is 5.97 Å². The highest BCUT2D eigenvalue weighted by atomic mass is 35.5. The first-order valence-electron chi connectivity index (χ1n) is 8.51. The molecule has 0 bridgehead atoms. The van der Waals surface area contributed by atoms with Crippen LogP contribution >= 0.6 is 11.6 Å². The smallest absolute Gasteiger partial charge is 0.337 e. The largest absolute Gasteiger partial charge is 0.505 e. The van der Waals surface area contributed by atoms with Gasteiger partial charge in [0.1, 0.15) is 16.5 Å². The summed E-state index contributed by atoms with van der Waals surface area (Å²) < 4.78 is 59.6. The van der Waals surface area contributed by atoms with Crippen LogP contribution in [0.4, 0.5) is 8.78 Å². The summed E-state index contributed by atoms with van der Waals surface area (Å²) in [7, 11) is -3.28. The summed E-state index contributed by atoms with van der Waals surface area (Å²) in [6.45, 7) is 0. The number of ether oxygens (including phenoxy) is 1. The molecule has 0 fully saturated rings. The van der Waals surface area contributed by atoms with Gasteiger partial charge in [-0.3, -0.25) is 0 Å². The van der Waals surface area contributed by atoms with Crippen LogP contribution in [-0.4, -0.2) is 26.6 Å². The van der Waals surface area contributed by atoms with Crippen molar-refractivity contribution in [2.24, 2.45) is 0 Å². The van der Waals surface area contributed by atoms with E-state index in [-0.39, 0.29) is 27.3 Å². The fraction of sp³-hybridized carbons (Fsp3) is 0.0952. The summed E-state index contributed by atoms with van der Waals surface area (Å²) in [6, 6.07) is 11.8. The second kappa shape index (κ2) is 8.41. The summed E-state index contributed by atoms with van der Waals surface area (Å²) >= 11 is 5.84. The minimum atomic E-state index is -4.37. The first-order valence-corrected chi connectivity index (χ1v) is 10.5. The molecular weight excluding hydrogens is 438 g/mol. The van der Waals surface area contributed by atoms with Crippen molar-refractivity contribution in [3.05, 3.63) is 82.4 Å². The number of halogens is 3. The molecule has 0 aliphatic rings. The van der Waals surface area contributed by atoms with E-state index in [2.05, 4.69) is 4.74 Å². The first-order chi connectivity index (χ1) is 14.2. The molecule has 0 atom stereocenters. The highest BCUT2D eigenvalue weighted by molar-refractivity contribution is 7.90. The lowest BCUT2D eigenvalue weighted by Gasteiger charge is -2.13. The molecule has 0 aliphatic heterocycles. The third-order valence-corrected chi connectivity index (χ3v) is 6.32. The van der Waals surface area contributed by atoms with Gasteiger partial charge in [-0.15, -0.1) is 0 Å². The van der Waals surface area contributed by atoms with Crippen molar-refractivity contribution in [2.45, 2.75) is 10.6 Å². The van der Waals surface area contributed by atoms with Crippen molar-refractivity contribution in [3.8, 4) is 16.9 Å². The normalized spacial score (nSPS) is 11.3. The van der Waals surface area contributed by atoms with Gasteiger partial charge in [0.15, 0.2) is 15.6 Å². The van der Waals surface area contributed by atoms with Gasteiger partial charge in [-0.1, -0.05) is 48.0 Å². The number of sulfone groups is 1. The van der Waals surface area contributed by atoms with Gasteiger partial charge in [0.05, 0.1) is 29.0 Å². The van der Waals surface area contributed by atoms with Crippen LogP contribution in [0, 0.1) is 11.6 Å². The third kappa shape index (κ3) is 4.15. The summed E-state index contributed by atoms with van der Waals surface area (Å²) in [4.78, 5) is 11.1. The molecule has 9 heteroatoms. The molecule has 0 saturated carbocycles. The van der Waals surface area contributed by atoms with Crippen molar-refractivity contribution < 1.29 is 31.8 Å². The number of phenols is 1. The van der Waals surface area contributed by atoms with Crippen molar-refractivity contribution >= 4 is 27.4 Å². The molecule has 5 nitrogen and oxygen atoms in total. The molecule has 0 amide bonds. The zero-order valence-corrected chi connectivity index (χ0v) is 17.1. The molecular formula is C21H15ClF2O5S.